The Morgan fingerprint density at radius 1 is 1.31 bits per heavy atom. The molecule has 0 aromatic rings. The number of nitrogens with zero attached hydrogens (tertiary/aromatic N) is 1. The van der Waals surface area contributed by atoms with Crippen LogP contribution >= 0.6 is 0 Å². The molecule has 0 radical (unpaired) electrons. The van der Waals surface area contributed by atoms with Gasteiger partial charge in [-0.25, -0.2) is 0 Å². The van der Waals surface area contributed by atoms with E-state index in [9.17, 15) is 0 Å². The normalized spacial score (nSPS) is 19.3. The summed E-state index contributed by atoms with van der Waals surface area (Å²) in [4.78, 5) is 5.68. The number of hydrogen-bond acceptors (Lipinski definition) is 2. The highest BCUT2D eigenvalue weighted by Gasteiger charge is 2.14. The molecule has 1 rings (SSSR count). The summed E-state index contributed by atoms with van der Waals surface area (Å²) < 4.78 is 0. The first kappa shape index (κ1) is 11.0. The molecular weight excluding hydrogens is 178 g/mol. The van der Waals surface area contributed by atoms with Gasteiger partial charge in [0.25, 0.3) is 0 Å². The highest BCUT2D eigenvalue weighted by molar-refractivity contribution is 6.76. The molecule has 0 bridgehead atoms. The zero-order valence-corrected chi connectivity index (χ0v) is 10.0. The van der Waals surface area contributed by atoms with E-state index in [4.69, 9.17) is 4.84 Å². The van der Waals surface area contributed by atoms with Gasteiger partial charge in [-0.2, -0.15) is 5.06 Å². The lowest BCUT2D eigenvalue weighted by atomic mass is 10.3. The molecule has 0 fully saturated rings. The molecule has 0 amide bonds. The molecule has 1 heterocycles. The van der Waals surface area contributed by atoms with Crippen molar-refractivity contribution in [2.45, 2.75) is 32.1 Å². The monoisotopic (exact) mass is 199 g/mol. The average molecular weight is 199 g/mol. The van der Waals surface area contributed by atoms with Gasteiger partial charge < -0.3 is 0 Å². The van der Waals surface area contributed by atoms with Crippen molar-refractivity contribution < 1.29 is 4.84 Å². The van der Waals surface area contributed by atoms with Crippen LogP contribution in [0.5, 0.6) is 0 Å². The van der Waals surface area contributed by atoms with E-state index in [2.05, 4.69) is 36.9 Å². The first-order valence-corrected chi connectivity index (χ1v) is 8.81. The van der Waals surface area contributed by atoms with Crippen LogP contribution in [0, 0.1) is 0 Å². The van der Waals surface area contributed by atoms with E-state index < -0.39 is 8.07 Å². The minimum Gasteiger partial charge on any atom is -0.299 e. The van der Waals surface area contributed by atoms with Gasteiger partial charge in [0.05, 0.1) is 6.61 Å². The van der Waals surface area contributed by atoms with Crippen LogP contribution in [-0.4, -0.2) is 32.8 Å². The van der Waals surface area contributed by atoms with Crippen molar-refractivity contribution in [3.8, 4) is 0 Å². The highest BCUT2D eigenvalue weighted by Crippen LogP contribution is 2.09. The van der Waals surface area contributed by atoms with Crippen LogP contribution in [0.1, 0.15) is 6.42 Å². The van der Waals surface area contributed by atoms with Crippen LogP contribution in [0.3, 0.4) is 0 Å². The summed E-state index contributed by atoms with van der Waals surface area (Å²) in [6.07, 6.45) is 5.53. The van der Waals surface area contributed by atoms with E-state index in [1.165, 1.54) is 6.04 Å². The molecule has 0 aromatic heterocycles. The van der Waals surface area contributed by atoms with Gasteiger partial charge in [0.2, 0.25) is 0 Å². The Kier molecular flexibility index (Phi) is 4.16. The molecule has 3 heteroatoms. The van der Waals surface area contributed by atoms with Crippen molar-refractivity contribution in [1.29, 1.82) is 0 Å². The first-order valence-electron chi connectivity index (χ1n) is 5.11. The largest absolute Gasteiger partial charge is 0.299 e. The zero-order chi connectivity index (χ0) is 9.73. The Labute approximate surface area is 82.5 Å². The van der Waals surface area contributed by atoms with Crippen molar-refractivity contribution >= 4 is 8.07 Å². The quantitative estimate of drug-likeness (QED) is 0.509. The van der Waals surface area contributed by atoms with Crippen LogP contribution < -0.4 is 0 Å². The van der Waals surface area contributed by atoms with Crippen molar-refractivity contribution in [2.75, 3.05) is 19.7 Å². The van der Waals surface area contributed by atoms with E-state index in [-0.39, 0.29) is 0 Å². The van der Waals surface area contributed by atoms with Gasteiger partial charge in [-0.1, -0.05) is 31.8 Å². The maximum absolute atomic E-state index is 5.68. The Hall–Kier alpha value is -0.123. The fraction of sp³-hybridized carbons (Fsp3) is 0.800. The van der Waals surface area contributed by atoms with Crippen LogP contribution in [-0.2, 0) is 4.84 Å². The maximum Gasteiger partial charge on any atom is 0.0661 e. The van der Waals surface area contributed by atoms with Crippen molar-refractivity contribution in [3.63, 3.8) is 0 Å². The van der Waals surface area contributed by atoms with Gasteiger partial charge in [0, 0.05) is 21.2 Å². The van der Waals surface area contributed by atoms with Crippen LogP contribution in [0.15, 0.2) is 12.2 Å². The second-order valence-corrected chi connectivity index (χ2v) is 10.4. The molecular formula is C10H21NOSi. The summed E-state index contributed by atoms with van der Waals surface area (Å²) in [6, 6.07) is 1.26. The van der Waals surface area contributed by atoms with Gasteiger partial charge in [-0.15, -0.1) is 0 Å². The predicted octanol–water partition coefficient (Wildman–Crippen LogP) is 2.52. The number of hydrogen-bond donors (Lipinski definition) is 0. The molecule has 0 saturated carbocycles. The van der Waals surface area contributed by atoms with Crippen molar-refractivity contribution in [1.82, 2.24) is 5.06 Å². The van der Waals surface area contributed by atoms with Crippen LogP contribution in [0.4, 0.5) is 0 Å². The fourth-order valence-electron chi connectivity index (χ4n) is 1.22. The van der Waals surface area contributed by atoms with Gasteiger partial charge in [-0.05, 0) is 12.5 Å². The Morgan fingerprint density at radius 2 is 2.08 bits per heavy atom. The lowest BCUT2D eigenvalue weighted by molar-refractivity contribution is -0.148. The molecule has 0 aromatic carbocycles. The summed E-state index contributed by atoms with van der Waals surface area (Å²) in [7, 11) is -0.911. The minimum atomic E-state index is -0.911. The average Bonchev–Trinajstić information content (AvgIpc) is 2.04. The molecule has 0 N–H and O–H groups in total. The van der Waals surface area contributed by atoms with Crippen molar-refractivity contribution in [2.24, 2.45) is 0 Å². The molecule has 0 saturated heterocycles. The summed E-state index contributed by atoms with van der Waals surface area (Å²) in [5, 5.41) is 2.07. The lowest BCUT2D eigenvalue weighted by Crippen LogP contribution is -2.30. The van der Waals surface area contributed by atoms with Gasteiger partial charge in [0.1, 0.15) is 0 Å². The third kappa shape index (κ3) is 5.24. The Bertz CT molecular complexity index is 174. The number of hydroxylamine groups is 2. The van der Waals surface area contributed by atoms with E-state index in [1.54, 1.807) is 0 Å². The molecule has 76 valence electrons. The second-order valence-electron chi connectivity index (χ2n) is 4.79. The highest BCUT2D eigenvalue weighted by atomic mass is 28.3. The minimum absolute atomic E-state index is 0.906. The van der Waals surface area contributed by atoms with Crippen LogP contribution in [0.2, 0.25) is 25.7 Å². The van der Waals surface area contributed by atoms with E-state index in [0.717, 1.165) is 26.1 Å². The van der Waals surface area contributed by atoms with E-state index >= 15 is 0 Å². The Morgan fingerprint density at radius 3 is 2.62 bits per heavy atom. The molecule has 0 aliphatic carbocycles. The number of rotatable bonds is 4. The Balaban J connectivity index is 2.09. The first-order chi connectivity index (χ1) is 6.08. The summed E-state index contributed by atoms with van der Waals surface area (Å²) in [6.45, 7) is 10.1. The standard InChI is InChI=1S/C10H21NOSi/c1-13(2,3)10-9-12-11-7-5-4-6-8-11/h4-5H,6-10H2,1-3H3. The van der Waals surface area contributed by atoms with Crippen molar-refractivity contribution in [3.05, 3.63) is 12.2 Å². The lowest BCUT2D eigenvalue weighted by Gasteiger charge is -2.24. The molecule has 13 heavy (non-hydrogen) atoms. The third-order valence-electron chi connectivity index (χ3n) is 2.15. The van der Waals surface area contributed by atoms with Gasteiger partial charge >= 0.3 is 0 Å². The molecule has 0 spiro atoms. The van der Waals surface area contributed by atoms with Gasteiger partial charge in [-0.3, -0.25) is 4.84 Å². The summed E-state index contributed by atoms with van der Waals surface area (Å²) in [5.41, 5.74) is 0. The topological polar surface area (TPSA) is 12.5 Å². The molecule has 1 aliphatic heterocycles. The van der Waals surface area contributed by atoms with E-state index in [1.807, 2.05) is 0 Å². The molecule has 0 atom stereocenters. The second kappa shape index (κ2) is 4.93. The maximum atomic E-state index is 5.68. The molecule has 1 aliphatic rings. The summed E-state index contributed by atoms with van der Waals surface area (Å²) >= 11 is 0. The fourth-order valence-corrected chi connectivity index (χ4v) is 1.92. The third-order valence-corrected chi connectivity index (χ3v) is 3.85. The smallest absolute Gasteiger partial charge is 0.0661 e. The van der Waals surface area contributed by atoms with Gasteiger partial charge in [0.15, 0.2) is 0 Å². The SMILES string of the molecule is C[Si](C)(C)CCON1CC=CCC1. The van der Waals surface area contributed by atoms with E-state index in [0.29, 0.717) is 0 Å². The van der Waals surface area contributed by atoms with Crippen LogP contribution in [0.25, 0.3) is 0 Å². The molecule has 0 unspecified atom stereocenters. The molecule has 2 nitrogen and oxygen atoms in total. The summed E-state index contributed by atoms with van der Waals surface area (Å²) in [5.74, 6) is 0. The predicted molar refractivity (Wildman–Crippen MR) is 59.4 cm³/mol. The zero-order valence-electron chi connectivity index (χ0n) is 9.05.